The summed E-state index contributed by atoms with van der Waals surface area (Å²) in [6.07, 6.45) is 6.48. The average molecular weight is 762 g/mol. The maximum Gasteiger partial charge on any atom is 0.0541 e. The van der Waals surface area contributed by atoms with Gasteiger partial charge in [0.15, 0.2) is 0 Å². The van der Waals surface area contributed by atoms with Crippen molar-refractivity contribution in [3.8, 4) is 33.4 Å². The Morgan fingerprint density at radius 2 is 0.845 bits per heavy atom. The fourth-order valence-electron chi connectivity index (χ4n) is 9.85. The van der Waals surface area contributed by atoms with Crippen molar-refractivity contribution < 1.29 is 0 Å². The van der Waals surface area contributed by atoms with Crippen LogP contribution in [0, 0.1) is 0 Å². The van der Waals surface area contributed by atoms with Crippen LogP contribution in [0.25, 0.3) is 75.1 Å². The lowest BCUT2D eigenvalue weighted by atomic mass is 9.80. The van der Waals surface area contributed by atoms with Crippen LogP contribution in [0.3, 0.4) is 0 Å². The summed E-state index contributed by atoms with van der Waals surface area (Å²) in [6, 6.07) is 72.3. The van der Waals surface area contributed by atoms with Gasteiger partial charge in [0.25, 0.3) is 0 Å². The van der Waals surface area contributed by atoms with E-state index in [-0.39, 0.29) is 0 Å². The normalized spacial score (nSPS) is 13.4. The van der Waals surface area contributed by atoms with E-state index in [1.54, 1.807) is 0 Å². The zero-order chi connectivity index (χ0) is 38.4. The van der Waals surface area contributed by atoms with E-state index < -0.39 is 0 Å². The molecule has 278 valence electrons. The number of benzene rings is 9. The smallest absolute Gasteiger partial charge is 0.0541 e. The number of rotatable bonds is 7. The molecular formula is C56H43NS. The molecule has 0 bridgehead atoms. The molecule has 58 heavy (non-hydrogen) atoms. The molecule has 10 aromatic rings. The van der Waals surface area contributed by atoms with Gasteiger partial charge in [0.05, 0.1) is 17.1 Å². The monoisotopic (exact) mass is 761 g/mol. The first kappa shape index (κ1) is 34.7. The van der Waals surface area contributed by atoms with E-state index in [0.717, 1.165) is 17.1 Å². The van der Waals surface area contributed by atoms with Crippen molar-refractivity contribution in [2.75, 3.05) is 4.90 Å². The molecule has 0 spiro atoms. The molecule has 0 saturated heterocycles. The highest BCUT2D eigenvalue weighted by molar-refractivity contribution is 7.26. The number of hydrogen-bond acceptors (Lipinski definition) is 2. The molecule has 1 aliphatic carbocycles. The fraction of sp³-hybridized carbons (Fsp3) is 0.107. The Kier molecular flexibility index (Phi) is 8.86. The quantitative estimate of drug-likeness (QED) is 0.156. The molecule has 0 N–H and O–H groups in total. The van der Waals surface area contributed by atoms with Crippen LogP contribution in [0.5, 0.6) is 0 Å². The molecule has 1 aliphatic rings. The molecule has 1 saturated carbocycles. The van der Waals surface area contributed by atoms with Gasteiger partial charge in [0.2, 0.25) is 0 Å². The molecule has 11 rings (SSSR count). The third kappa shape index (κ3) is 5.90. The molecule has 2 heteroatoms. The second kappa shape index (κ2) is 14.8. The predicted octanol–water partition coefficient (Wildman–Crippen LogP) is 16.9. The topological polar surface area (TPSA) is 3.24 Å². The molecule has 0 unspecified atom stereocenters. The molecule has 1 fully saturated rings. The average Bonchev–Trinajstić information content (AvgIpc) is 3.69. The van der Waals surface area contributed by atoms with Crippen LogP contribution in [0.2, 0.25) is 0 Å². The van der Waals surface area contributed by atoms with Crippen LogP contribution in [0.15, 0.2) is 194 Å². The van der Waals surface area contributed by atoms with Gasteiger partial charge in [-0.05, 0) is 81.3 Å². The number of anilines is 3. The minimum absolute atomic E-state index is 0.580. The van der Waals surface area contributed by atoms with E-state index in [9.17, 15) is 0 Å². The summed E-state index contributed by atoms with van der Waals surface area (Å²) >= 11 is 1.89. The van der Waals surface area contributed by atoms with Gasteiger partial charge in [-0.2, -0.15) is 0 Å². The molecule has 1 nitrogen and oxygen atoms in total. The Labute approximate surface area is 344 Å². The number of hydrogen-bond donors (Lipinski definition) is 0. The third-order valence-electron chi connectivity index (χ3n) is 12.5. The summed E-state index contributed by atoms with van der Waals surface area (Å²) in [4.78, 5) is 2.57. The van der Waals surface area contributed by atoms with Gasteiger partial charge in [-0.3, -0.25) is 0 Å². The van der Waals surface area contributed by atoms with Crippen LogP contribution in [-0.4, -0.2) is 0 Å². The second-order valence-electron chi connectivity index (χ2n) is 15.8. The van der Waals surface area contributed by atoms with Gasteiger partial charge in [-0.25, -0.2) is 0 Å². The van der Waals surface area contributed by atoms with Gasteiger partial charge in [0, 0.05) is 42.4 Å². The maximum atomic E-state index is 2.57. The largest absolute Gasteiger partial charge is 0.309 e. The van der Waals surface area contributed by atoms with Crippen molar-refractivity contribution in [2.45, 2.75) is 38.0 Å². The van der Waals surface area contributed by atoms with Gasteiger partial charge >= 0.3 is 0 Å². The summed E-state index contributed by atoms with van der Waals surface area (Å²) in [6.45, 7) is 0. The summed E-state index contributed by atoms with van der Waals surface area (Å²) in [5.41, 5.74) is 12.4. The first-order valence-corrected chi connectivity index (χ1v) is 21.6. The van der Waals surface area contributed by atoms with Gasteiger partial charge in [-0.15, -0.1) is 11.3 Å². The lowest BCUT2D eigenvalue weighted by molar-refractivity contribution is 0.445. The van der Waals surface area contributed by atoms with E-state index in [1.807, 2.05) is 11.3 Å². The fourth-order valence-corrected chi connectivity index (χ4v) is 11.1. The SMILES string of the molecule is c1ccc(N(c2ccccc2-c2cccc3c2sc2ccccc23)c2ccccc2-c2cccc3cccc(C4CCCCC4)c23)c(-c2cccc3ccccc23)c1. The van der Waals surface area contributed by atoms with E-state index in [4.69, 9.17) is 0 Å². The van der Waals surface area contributed by atoms with E-state index in [1.165, 1.54) is 113 Å². The Balaban J connectivity index is 1.21. The minimum atomic E-state index is 0.580. The van der Waals surface area contributed by atoms with Crippen LogP contribution in [-0.2, 0) is 0 Å². The minimum Gasteiger partial charge on any atom is -0.309 e. The van der Waals surface area contributed by atoms with Crippen LogP contribution in [0.1, 0.15) is 43.6 Å². The highest BCUT2D eigenvalue weighted by Gasteiger charge is 2.26. The summed E-state index contributed by atoms with van der Waals surface area (Å²) in [5, 5.41) is 7.83. The van der Waals surface area contributed by atoms with Crippen molar-refractivity contribution in [1.82, 2.24) is 0 Å². The maximum absolute atomic E-state index is 2.57. The summed E-state index contributed by atoms with van der Waals surface area (Å²) in [5.74, 6) is 0.580. The van der Waals surface area contributed by atoms with E-state index >= 15 is 0 Å². The molecule has 0 atom stereocenters. The highest BCUT2D eigenvalue weighted by Crippen LogP contribution is 2.51. The summed E-state index contributed by atoms with van der Waals surface area (Å²) in [7, 11) is 0. The van der Waals surface area contributed by atoms with Gasteiger partial charge in [0.1, 0.15) is 0 Å². The zero-order valence-corrected chi connectivity index (χ0v) is 33.3. The van der Waals surface area contributed by atoms with Gasteiger partial charge < -0.3 is 4.90 Å². The Bertz CT molecular complexity index is 3120. The summed E-state index contributed by atoms with van der Waals surface area (Å²) < 4.78 is 2.63. The zero-order valence-electron chi connectivity index (χ0n) is 32.4. The van der Waals surface area contributed by atoms with Crippen LogP contribution >= 0.6 is 11.3 Å². The van der Waals surface area contributed by atoms with E-state index in [0.29, 0.717) is 5.92 Å². The molecule has 0 amide bonds. The Morgan fingerprint density at radius 1 is 0.362 bits per heavy atom. The molecule has 0 aliphatic heterocycles. The van der Waals surface area contributed by atoms with Crippen LogP contribution in [0.4, 0.5) is 17.1 Å². The lowest BCUT2D eigenvalue weighted by Gasteiger charge is -2.32. The lowest BCUT2D eigenvalue weighted by Crippen LogP contribution is -2.14. The Morgan fingerprint density at radius 3 is 1.59 bits per heavy atom. The van der Waals surface area contributed by atoms with Crippen molar-refractivity contribution in [3.63, 3.8) is 0 Å². The van der Waals surface area contributed by atoms with Crippen LogP contribution < -0.4 is 4.90 Å². The number of fused-ring (bicyclic) bond motifs is 5. The Hall–Kier alpha value is -6.48. The highest BCUT2D eigenvalue weighted by atomic mass is 32.1. The molecule has 0 radical (unpaired) electrons. The predicted molar refractivity (Wildman–Crippen MR) is 251 cm³/mol. The standard InChI is InChI=1S/C56H43NS/c1-2-18-39(19-3-1)42-29-15-22-40-23-16-31-48(55(40)42)45-26-7-11-35-52(45)57(51-34-10-6-25-44(51)43-30-14-21-38-20-4-5-24-41(38)43)53-36-12-8-27-46(53)49-32-17-33-50-47-28-9-13-37-54(47)58-56(49)50/h4-17,20-37,39H,1-3,18-19H2. The van der Waals surface area contributed by atoms with Crippen molar-refractivity contribution in [3.05, 3.63) is 200 Å². The second-order valence-corrected chi connectivity index (χ2v) is 16.8. The first-order chi connectivity index (χ1) is 28.8. The molecular weight excluding hydrogens is 719 g/mol. The molecule has 1 heterocycles. The van der Waals surface area contributed by atoms with E-state index in [2.05, 4.69) is 199 Å². The van der Waals surface area contributed by atoms with Crippen molar-refractivity contribution in [2.24, 2.45) is 0 Å². The van der Waals surface area contributed by atoms with Crippen molar-refractivity contribution >= 4 is 70.1 Å². The van der Waals surface area contributed by atoms with Gasteiger partial charge in [-0.1, -0.05) is 189 Å². The number of thiophene rings is 1. The van der Waals surface area contributed by atoms with Crippen molar-refractivity contribution in [1.29, 1.82) is 0 Å². The molecule has 9 aromatic carbocycles. The third-order valence-corrected chi connectivity index (χ3v) is 13.7. The number of nitrogens with zero attached hydrogens (tertiary/aromatic N) is 1. The number of para-hydroxylation sites is 3. The molecule has 1 aromatic heterocycles. The first-order valence-electron chi connectivity index (χ1n) is 20.8.